The third-order valence-electron chi connectivity index (χ3n) is 5.33. The van der Waals surface area contributed by atoms with Gasteiger partial charge in [-0.25, -0.2) is 0 Å². The predicted molar refractivity (Wildman–Crippen MR) is 116 cm³/mol. The van der Waals surface area contributed by atoms with E-state index in [-0.39, 0.29) is 17.6 Å². The van der Waals surface area contributed by atoms with Crippen molar-refractivity contribution in [3.05, 3.63) is 23.4 Å². The topological polar surface area (TPSA) is 91.6 Å². The van der Waals surface area contributed by atoms with Crippen molar-refractivity contribution in [2.75, 3.05) is 39.3 Å². The van der Waals surface area contributed by atoms with Crippen LogP contribution in [0.25, 0.3) is 10.7 Å². The number of aryl methyl sites for hydroxylation is 1. The maximum absolute atomic E-state index is 12.3. The van der Waals surface area contributed by atoms with Crippen molar-refractivity contribution in [2.45, 2.75) is 39.7 Å². The number of thiophene rings is 1. The van der Waals surface area contributed by atoms with Crippen LogP contribution in [-0.2, 0) is 16.0 Å². The van der Waals surface area contributed by atoms with Gasteiger partial charge in [0.05, 0.1) is 17.5 Å². The summed E-state index contributed by atoms with van der Waals surface area (Å²) in [5.41, 5.74) is 0. The number of Topliss-reactive ketones (excluding diaryl/α,β-unsaturated/α-hetero) is 1. The Morgan fingerprint density at radius 3 is 2.60 bits per heavy atom. The van der Waals surface area contributed by atoms with Gasteiger partial charge in [0.15, 0.2) is 5.78 Å². The lowest BCUT2D eigenvalue weighted by molar-refractivity contribution is -0.128. The maximum Gasteiger partial charge on any atom is 0.234 e. The highest BCUT2D eigenvalue weighted by molar-refractivity contribution is 7.13. The molecule has 0 aromatic carbocycles. The highest BCUT2D eigenvalue weighted by Gasteiger charge is 2.23. The largest absolute Gasteiger partial charge is 0.345 e. The van der Waals surface area contributed by atoms with Gasteiger partial charge in [0, 0.05) is 32.6 Å². The first-order valence-electron chi connectivity index (χ1n) is 10.5. The number of amides is 1. The molecule has 0 bridgehead atoms. The van der Waals surface area contributed by atoms with Crippen molar-refractivity contribution in [2.24, 2.45) is 5.92 Å². The molecule has 9 heteroatoms. The maximum atomic E-state index is 12.3. The quantitative estimate of drug-likeness (QED) is 0.613. The number of hydrogen-bond donors (Lipinski definition) is 1. The van der Waals surface area contributed by atoms with Crippen LogP contribution >= 0.6 is 11.3 Å². The van der Waals surface area contributed by atoms with Gasteiger partial charge in [-0.3, -0.25) is 14.5 Å². The summed E-state index contributed by atoms with van der Waals surface area (Å²) in [4.78, 5) is 34.0. The molecule has 0 aliphatic carbocycles. The van der Waals surface area contributed by atoms with Crippen molar-refractivity contribution >= 4 is 23.0 Å². The average Bonchev–Trinajstić information content (AvgIpc) is 3.39. The van der Waals surface area contributed by atoms with Crippen LogP contribution in [0.4, 0.5) is 0 Å². The molecule has 1 aliphatic rings. The molecular weight excluding hydrogens is 402 g/mol. The molecule has 164 valence electrons. The van der Waals surface area contributed by atoms with Crippen molar-refractivity contribution in [1.82, 2.24) is 25.3 Å². The zero-order valence-corrected chi connectivity index (χ0v) is 18.8. The van der Waals surface area contributed by atoms with E-state index in [1.54, 1.807) is 11.3 Å². The fraction of sp³-hybridized carbons (Fsp3) is 0.619. The Balaban J connectivity index is 1.34. The Kier molecular flexibility index (Phi) is 8.12. The van der Waals surface area contributed by atoms with Gasteiger partial charge in [-0.05, 0) is 37.3 Å². The van der Waals surface area contributed by atoms with Gasteiger partial charge in [0.2, 0.25) is 17.6 Å². The second kappa shape index (κ2) is 10.8. The van der Waals surface area contributed by atoms with Crippen LogP contribution in [0, 0.1) is 5.92 Å². The van der Waals surface area contributed by atoms with E-state index in [0.717, 1.165) is 50.4 Å². The fourth-order valence-corrected chi connectivity index (χ4v) is 4.30. The summed E-state index contributed by atoms with van der Waals surface area (Å²) in [5.74, 6) is 1.38. The Morgan fingerprint density at radius 1 is 1.23 bits per heavy atom. The number of ketones is 1. The van der Waals surface area contributed by atoms with E-state index in [2.05, 4.69) is 25.3 Å². The Bertz CT molecular complexity index is 812. The summed E-state index contributed by atoms with van der Waals surface area (Å²) in [7, 11) is 0. The number of carbonyl (C=O) groups is 2. The first-order chi connectivity index (χ1) is 14.4. The SMILES string of the molecule is CC(=O)C(NC(=O)CN1CCN(CCCc2nc(-c3cccs3)no2)CC1)C(C)C. The molecule has 1 saturated heterocycles. The minimum Gasteiger partial charge on any atom is -0.345 e. The average molecular weight is 434 g/mol. The molecule has 1 N–H and O–H groups in total. The molecule has 0 radical (unpaired) electrons. The van der Waals surface area contributed by atoms with Crippen LogP contribution in [-0.4, -0.2) is 76.9 Å². The third-order valence-corrected chi connectivity index (χ3v) is 6.19. The molecule has 8 nitrogen and oxygen atoms in total. The Labute approximate surface area is 181 Å². The zero-order valence-electron chi connectivity index (χ0n) is 18.0. The van der Waals surface area contributed by atoms with Crippen LogP contribution in [0.1, 0.15) is 33.1 Å². The molecule has 30 heavy (non-hydrogen) atoms. The minimum atomic E-state index is -0.399. The number of nitrogens with zero attached hydrogens (tertiary/aromatic N) is 4. The van der Waals surface area contributed by atoms with E-state index in [4.69, 9.17) is 4.52 Å². The summed E-state index contributed by atoms with van der Waals surface area (Å²) < 4.78 is 5.35. The number of hydrogen-bond acceptors (Lipinski definition) is 8. The highest BCUT2D eigenvalue weighted by atomic mass is 32.1. The lowest BCUT2D eigenvalue weighted by Crippen LogP contribution is -2.52. The third kappa shape index (κ3) is 6.45. The normalized spacial score (nSPS) is 16.7. The molecule has 0 spiro atoms. The van der Waals surface area contributed by atoms with Crippen LogP contribution in [0.2, 0.25) is 0 Å². The number of carbonyl (C=O) groups excluding carboxylic acids is 2. The van der Waals surface area contributed by atoms with E-state index in [1.807, 2.05) is 31.4 Å². The molecule has 1 fully saturated rings. The number of rotatable bonds is 10. The number of aromatic nitrogens is 2. The van der Waals surface area contributed by atoms with Gasteiger partial charge in [-0.1, -0.05) is 25.1 Å². The predicted octanol–water partition coefficient (Wildman–Crippen LogP) is 2.08. The fourth-order valence-electron chi connectivity index (χ4n) is 3.65. The van der Waals surface area contributed by atoms with Crippen molar-refractivity contribution in [3.8, 4) is 10.7 Å². The van der Waals surface area contributed by atoms with Crippen molar-refractivity contribution in [3.63, 3.8) is 0 Å². The summed E-state index contributed by atoms with van der Waals surface area (Å²) in [6, 6.07) is 3.57. The van der Waals surface area contributed by atoms with E-state index in [1.165, 1.54) is 6.92 Å². The molecule has 1 atom stereocenters. The number of piperazine rings is 1. The molecule has 3 heterocycles. The number of nitrogens with one attached hydrogen (secondary N) is 1. The van der Waals surface area contributed by atoms with Gasteiger partial charge < -0.3 is 14.7 Å². The van der Waals surface area contributed by atoms with Gasteiger partial charge in [-0.15, -0.1) is 11.3 Å². The molecule has 1 amide bonds. The monoisotopic (exact) mass is 433 g/mol. The lowest BCUT2D eigenvalue weighted by Gasteiger charge is -2.34. The highest BCUT2D eigenvalue weighted by Crippen LogP contribution is 2.21. The van der Waals surface area contributed by atoms with E-state index < -0.39 is 6.04 Å². The Hall–Kier alpha value is -2.10. The van der Waals surface area contributed by atoms with Crippen LogP contribution in [0.5, 0.6) is 0 Å². The smallest absolute Gasteiger partial charge is 0.234 e. The van der Waals surface area contributed by atoms with Gasteiger partial charge in [0.1, 0.15) is 0 Å². The van der Waals surface area contributed by atoms with Crippen molar-refractivity contribution < 1.29 is 14.1 Å². The second-order valence-corrected chi connectivity index (χ2v) is 9.06. The molecule has 1 unspecified atom stereocenters. The van der Waals surface area contributed by atoms with Crippen LogP contribution < -0.4 is 5.32 Å². The van der Waals surface area contributed by atoms with E-state index in [9.17, 15) is 9.59 Å². The standard InChI is InChI=1S/C21H31N5O3S/c1-15(2)20(16(3)27)22-18(28)14-26-11-9-25(10-12-26)8-4-7-19-23-21(24-29-19)17-6-5-13-30-17/h5-6,13,15,20H,4,7-12,14H2,1-3H3,(H,22,28). The first kappa shape index (κ1) is 22.6. The van der Waals surface area contributed by atoms with E-state index in [0.29, 0.717) is 18.3 Å². The van der Waals surface area contributed by atoms with Gasteiger partial charge in [0.25, 0.3) is 0 Å². The molecule has 2 aromatic heterocycles. The van der Waals surface area contributed by atoms with Crippen molar-refractivity contribution in [1.29, 1.82) is 0 Å². The molecule has 0 saturated carbocycles. The van der Waals surface area contributed by atoms with E-state index >= 15 is 0 Å². The van der Waals surface area contributed by atoms with Gasteiger partial charge >= 0.3 is 0 Å². The summed E-state index contributed by atoms with van der Waals surface area (Å²) >= 11 is 1.60. The Morgan fingerprint density at radius 2 is 1.97 bits per heavy atom. The first-order valence-corrected chi connectivity index (χ1v) is 11.4. The molecule has 2 aromatic rings. The summed E-state index contributed by atoms with van der Waals surface area (Å²) in [5, 5.41) is 8.92. The zero-order chi connectivity index (χ0) is 21.5. The van der Waals surface area contributed by atoms with Crippen LogP contribution in [0.15, 0.2) is 22.0 Å². The minimum absolute atomic E-state index is 0.00641. The molecule has 1 aliphatic heterocycles. The molecule has 3 rings (SSSR count). The summed E-state index contributed by atoms with van der Waals surface area (Å²) in [6.07, 6.45) is 1.73. The molecular formula is C21H31N5O3S. The summed E-state index contributed by atoms with van der Waals surface area (Å²) in [6.45, 7) is 10.3. The van der Waals surface area contributed by atoms with Gasteiger partial charge in [-0.2, -0.15) is 4.98 Å². The lowest BCUT2D eigenvalue weighted by atomic mass is 10.0. The van der Waals surface area contributed by atoms with Crippen LogP contribution in [0.3, 0.4) is 0 Å². The second-order valence-electron chi connectivity index (χ2n) is 8.11.